The molecule has 17 heavy (non-hydrogen) atoms. The van der Waals surface area contributed by atoms with Gasteiger partial charge in [-0.1, -0.05) is 17.7 Å². The van der Waals surface area contributed by atoms with Gasteiger partial charge in [0.15, 0.2) is 0 Å². The summed E-state index contributed by atoms with van der Waals surface area (Å²) in [6.45, 7) is 1.95. The first-order chi connectivity index (χ1) is 8.16. The molecule has 0 N–H and O–H groups in total. The molecule has 1 heterocycles. The van der Waals surface area contributed by atoms with Crippen molar-refractivity contribution < 1.29 is 9.66 Å². The molecule has 5 heteroatoms. The van der Waals surface area contributed by atoms with Crippen molar-refractivity contribution in [2.45, 2.75) is 6.92 Å². The second-order valence-electron chi connectivity index (χ2n) is 3.50. The quantitative estimate of drug-likeness (QED) is 0.600. The molecule has 2 rings (SSSR count). The molecule has 0 aliphatic carbocycles. The summed E-state index contributed by atoms with van der Waals surface area (Å²) >= 11 is 0. The van der Waals surface area contributed by atoms with Crippen molar-refractivity contribution in [3.8, 4) is 11.6 Å². The number of benzene rings is 1. The highest BCUT2D eigenvalue weighted by Gasteiger charge is 2.15. The Morgan fingerprint density at radius 2 is 1.94 bits per heavy atom. The minimum Gasteiger partial charge on any atom is -0.434 e. The van der Waals surface area contributed by atoms with Crippen molar-refractivity contribution in [2.75, 3.05) is 0 Å². The van der Waals surface area contributed by atoms with E-state index >= 15 is 0 Å². The molecule has 0 bridgehead atoms. The Hall–Kier alpha value is -2.43. The Morgan fingerprint density at radius 3 is 2.59 bits per heavy atom. The van der Waals surface area contributed by atoms with E-state index in [-0.39, 0.29) is 11.6 Å². The lowest BCUT2D eigenvalue weighted by atomic mass is 10.2. The molecule has 0 aliphatic heterocycles. The van der Waals surface area contributed by atoms with E-state index in [1.165, 1.54) is 18.3 Å². The molecule has 0 atom stereocenters. The summed E-state index contributed by atoms with van der Waals surface area (Å²) in [5.74, 6) is 0.527. The van der Waals surface area contributed by atoms with Crippen molar-refractivity contribution in [1.29, 1.82) is 0 Å². The number of hydrogen-bond donors (Lipinski definition) is 0. The van der Waals surface area contributed by atoms with E-state index in [1.807, 2.05) is 19.1 Å². The lowest BCUT2D eigenvalue weighted by Crippen LogP contribution is -1.95. The van der Waals surface area contributed by atoms with E-state index in [1.54, 1.807) is 12.1 Å². The van der Waals surface area contributed by atoms with Crippen LogP contribution in [0.5, 0.6) is 11.6 Å². The van der Waals surface area contributed by atoms with Crippen LogP contribution in [-0.4, -0.2) is 9.91 Å². The predicted octanol–water partition coefficient (Wildman–Crippen LogP) is 3.09. The summed E-state index contributed by atoms with van der Waals surface area (Å²) in [5, 5.41) is 10.8. The molecule has 2 aromatic rings. The maximum atomic E-state index is 10.8. The van der Waals surface area contributed by atoms with Crippen LogP contribution in [0.1, 0.15) is 5.56 Å². The van der Waals surface area contributed by atoms with Crippen LogP contribution in [0.25, 0.3) is 0 Å². The molecule has 0 amide bonds. The van der Waals surface area contributed by atoms with Gasteiger partial charge in [-0.3, -0.25) is 10.1 Å². The average Bonchev–Trinajstić information content (AvgIpc) is 2.32. The van der Waals surface area contributed by atoms with Gasteiger partial charge in [0.2, 0.25) is 0 Å². The summed E-state index contributed by atoms with van der Waals surface area (Å²) in [6, 6.07) is 10.1. The molecule has 86 valence electrons. The number of nitrogens with zero attached hydrogens (tertiary/aromatic N) is 2. The van der Waals surface area contributed by atoms with E-state index in [2.05, 4.69) is 4.98 Å². The van der Waals surface area contributed by atoms with Gasteiger partial charge >= 0.3 is 5.69 Å². The fourth-order valence-corrected chi connectivity index (χ4v) is 1.32. The van der Waals surface area contributed by atoms with Gasteiger partial charge in [0, 0.05) is 12.3 Å². The zero-order chi connectivity index (χ0) is 12.3. The molecule has 0 saturated carbocycles. The van der Waals surface area contributed by atoms with Gasteiger partial charge in [-0.15, -0.1) is 0 Å². The first kappa shape index (κ1) is 11.1. The van der Waals surface area contributed by atoms with E-state index in [0.29, 0.717) is 5.75 Å². The smallest absolute Gasteiger partial charge is 0.331 e. The van der Waals surface area contributed by atoms with Gasteiger partial charge in [0.25, 0.3) is 5.88 Å². The fraction of sp³-hybridized carbons (Fsp3) is 0.0833. The average molecular weight is 230 g/mol. The van der Waals surface area contributed by atoms with Crippen LogP contribution in [0.15, 0.2) is 42.6 Å². The van der Waals surface area contributed by atoms with Gasteiger partial charge < -0.3 is 4.74 Å². The van der Waals surface area contributed by atoms with Crippen LogP contribution in [0, 0.1) is 17.0 Å². The van der Waals surface area contributed by atoms with Crippen molar-refractivity contribution in [2.24, 2.45) is 0 Å². The number of ether oxygens (including phenoxy) is 1. The van der Waals surface area contributed by atoms with E-state index < -0.39 is 4.92 Å². The Bertz CT molecular complexity index is 538. The summed E-state index contributed by atoms with van der Waals surface area (Å²) in [6.07, 6.45) is 1.45. The summed E-state index contributed by atoms with van der Waals surface area (Å²) in [5.41, 5.74) is 0.945. The first-order valence-electron chi connectivity index (χ1n) is 5.01. The number of nitro groups is 1. The van der Waals surface area contributed by atoms with Gasteiger partial charge in [-0.05, 0) is 25.1 Å². The molecule has 1 aromatic heterocycles. The van der Waals surface area contributed by atoms with Crippen LogP contribution in [-0.2, 0) is 0 Å². The molecule has 0 saturated heterocycles. The van der Waals surface area contributed by atoms with Crippen LogP contribution in [0.2, 0.25) is 0 Å². The monoisotopic (exact) mass is 230 g/mol. The standard InChI is InChI=1S/C12H10N2O3/c1-9-4-6-10(7-5-9)17-12-11(14(15)16)3-2-8-13-12/h2-8H,1H3. The summed E-state index contributed by atoms with van der Waals surface area (Å²) in [7, 11) is 0. The number of aromatic nitrogens is 1. The Balaban J connectivity index is 2.30. The number of hydrogen-bond acceptors (Lipinski definition) is 4. The van der Waals surface area contributed by atoms with Gasteiger partial charge in [-0.25, -0.2) is 4.98 Å². The second kappa shape index (κ2) is 4.61. The molecule has 5 nitrogen and oxygen atoms in total. The van der Waals surface area contributed by atoms with Crippen molar-refractivity contribution in [1.82, 2.24) is 4.98 Å². The molecule has 0 spiro atoms. The van der Waals surface area contributed by atoms with Crippen LogP contribution >= 0.6 is 0 Å². The molecule has 0 radical (unpaired) electrons. The van der Waals surface area contributed by atoms with E-state index in [9.17, 15) is 10.1 Å². The SMILES string of the molecule is Cc1ccc(Oc2ncccc2[N+](=O)[O-])cc1. The third-order valence-electron chi connectivity index (χ3n) is 2.18. The Labute approximate surface area is 97.8 Å². The van der Waals surface area contributed by atoms with Crippen molar-refractivity contribution in [3.63, 3.8) is 0 Å². The topological polar surface area (TPSA) is 65.3 Å². The van der Waals surface area contributed by atoms with Crippen LogP contribution in [0.3, 0.4) is 0 Å². The minimum atomic E-state index is -0.517. The molecule has 0 aliphatic rings. The minimum absolute atomic E-state index is 0.00125. The van der Waals surface area contributed by atoms with Crippen molar-refractivity contribution >= 4 is 5.69 Å². The second-order valence-corrected chi connectivity index (χ2v) is 3.50. The molecular weight excluding hydrogens is 220 g/mol. The molecular formula is C12H10N2O3. The van der Waals surface area contributed by atoms with Crippen LogP contribution < -0.4 is 4.74 Å². The maximum absolute atomic E-state index is 10.8. The largest absolute Gasteiger partial charge is 0.434 e. The normalized spacial score (nSPS) is 9.94. The number of pyridine rings is 1. The van der Waals surface area contributed by atoms with Crippen molar-refractivity contribution in [3.05, 3.63) is 58.3 Å². The van der Waals surface area contributed by atoms with E-state index in [0.717, 1.165) is 5.56 Å². The van der Waals surface area contributed by atoms with Gasteiger partial charge in [0.05, 0.1) is 4.92 Å². The highest BCUT2D eigenvalue weighted by atomic mass is 16.6. The van der Waals surface area contributed by atoms with Gasteiger partial charge in [0.1, 0.15) is 5.75 Å². The zero-order valence-corrected chi connectivity index (χ0v) is 9.16. The molecule has 0 unspecified atom stereocenters. The number of aryl methyl sites for hydroxylation is 1. The third kappa shape index (κ3) is 2.57. The van der Waals surface area contributed by atoms with E-state index in [4.69, 9.17) is 4.74 Å². The highest BCUT2D eigenvalue weighted by Crippen LogP contribution is 2.28. The van der Waals surface area contributed by atoms with Crippen LogP contribution in [0.4, 0.5) is 5.69 Å². The Morgan fingerprint density at radius 1 is 1.24 bits per heavy atom. The Kier molecular flexibility index (Phi) is 3.00. The number of rotatable bonds is 3. The lowest BCUT2D eigenvalue weighted by Gasteiger charge is -2.04. The van der Waals surface area contributed by atoms with Gasteiger partial charge in [-0.2, -0.15) is 0 Å². The molecule has 0 fully saturated rings. The first-order valence-corrected chi connectivity index (χ1v) is 5.01. The summed E-state index contributed by atoms with van der Waals surface area (Å²) < 4.78 is 5.37. The predicted molar refractivity (Wildman–Crippen MR) is 62.1 cm³/mol. The fourth-order valence-electron chi connectivity index (χ4n) is 1.32. The highest BCUT2D eigenvalue weighted by molar-refractivity contribution is 5.42. The lowest BCUT2D eigenvalue weighted by molar-refractivity contribution is -0.386. The maximum Gasteiger partial charge on any atom is 0.331 e. The third-order valence-corrected chi connectivity index (χ3v) is 2.18. The molecule has 1 aromatic carbocycles. The summed E-state index contributed by atoms with van der Waals surface area (Å²) in [4.78, 5) is 14.1. The zero-order valence-electron chi connectivity index (χ0n) is 9.16.